The van der Waals surface area contributed by atoms with Crippen molar-refractivity contribution in [3.05, 3.63) is 28.8 Å². The quantitative estimate of drug-likeness (QED) is 0.889. The maximum absolute atomic E-state index is 10.2. The standard InChI is InChI=1S/C17H28N2O/c1-13-14(11-19(2)3)16(20)8-7-15(13)17(12-18)9-5-4-6-10-17/h7-8,20H,4-6,9-12,18H2,1-3H3. The molecule has 20 heavy (non-hydrogen) atoms. The summed E-state index contributed by atoms with van der Waals surface area (Å²) < 4.78 is 0. The van der Waals surface area contributed by atoms with Gasteiger partial charge in [-0.05, 0) is 51.1 Å². The predicted molar refractivity (Wildman–Crippen MR) is 84.1 cm³/mol. The van der Waals surface area contributed by atoms with Crippen molar-refractivity contribution in [1.82, 2.24) is 4.90 Å². The van der Waals surface area contributed by atoms with Crippen LogP contribution in [0.1, 0.15) is 48.8 Å². The van der Waals surface area contributed by atoms with E-state index in [9.17, 15) is 5.11 Å². The molecule has 0 saturated heterocycles. The fourth-order valence-electron chi connectivity index (χ4n) is 3.64. The summed E-state index contributed by atoms with van der Waals surface area (Å²) in [5, 5.41) is 10.2. The molecule has 1 saturated carbocycles. The Morgan fingerprint density at radius 1 is 1.20 bits per heavy atom. The lowest BCUT2D eigenvalue weighted by atomic mass is 9.68. The molecule has 2 rings (SSSR count). The highest BCUT2D eigenvalue weighted by atomic mass is 16.3. The van der Waals surface area contributed by atoms with E-state index >= 15 is 0 Å². The summed E-state index contributed by atoms with van der Waals surface area (Å²) in [6, 6.07) is 3.95. The number of nitrogens with two attached hydrogens (primary N) is 1. The van der Waals surface area contributed by atoms with Crippen LogP contribution < -0.4 is 5.73 Å². The number of hydrogen-bond donors (Lipinski definition) is 2. The molecule has 1 aliphatic rings. The highest BCUT2D eigenvalue weighted by Crippen LogP contribution is 2.42. The first kappa shape index (κ1) is 15.3. The van der Waals surface area contributed by atoms with E-state index in [0.717, 1.165) is 12.1 Å². The number of benzene rings is 1. The van der Waals surface area contributed by atoms with E-state index in [-0.39, 0.29) is 5.41 Å². The lowest BCUT2D eigenvalue weighted by Gasteiger charge is -2.38. The zero-order chi connectivity index (χ0) is 14.8. The van der Waals surface area contributed by atoms with E-state index in [2.05, 4.69) is 17.9 Å². The molecule has 1 aromatic rings. The second-order valence-corrected chi connectivity index (χ2v) is 6.52. The van der Waals surface area contributed by atoms with Gasteiger partial charge in [-0.15, -0.1) is 0 Å². The van der Waals surface area contributed by atoms with Gasteiger partial charge in [-0.3, -0.25) is 0 Å². The smallest absolute Gasteiger partial charge is 0.120 e. The predicted octanol–water partition coefficient (Wildman–Crippen LogP) is 2.92. The van der Waals surface area contributed by atoms with Crippen molar-refractivity contribution in [2.75, 3.05) is 20.6 Å². The molecular formula is C17H28N2O. The van der Waals surface area contributed by atoms with E-state index in [1.807, 2.05) is 20.2 Å². The Labute approximate surface area is 122 Å². The van der Waals surface area contributed by atoms with Crippen LogP contribution in [0.15, 0.2) is 12.1 Å². The lowest BCUT2D eigenvalue weighted by molar-refractivity contribution is 0.298. The second kappa shape index (κ2) is 6.15. The maximum Gasteiger partial charge on any atom is 0.120 e. The topological polar surface area (TPSA) is 49.5 Å². The third kappa shape index (κ3) is 2.84. The zero-order valence-corrected chi connectivity index (χ0v) is 13.1. The number of rotatable bonds is 4. The van der Waals surface area contributed by atoms with Gasteiger partial charge >= 0.3 is 0 Å². The maximum atomic E-state index is 10.2. The summed E-state index contributed by atoms with van der Waals surface area (Å²) >= 11 is 0. The Morgan fingerprint density at radius 3 is 2.40 bits per heavy atom. The van der Waals surface area contributed by atoms with Crippen LogP contribution in [0.25, 0.3) is 0 Å². The fourth-order valence-corrected chi connectivity index (χ4v) is 3.64. The molecule has 3 nitrogen and oxygen atoms in total. The third-order valence-electron chi connectivity index (χ3n) is 4.82. The van der Waals surface area contributed by atoms with Crippen molar-refractivity contribution < 1.29 is 5.11 Å². The summed E-state index contributed by atoms with van der Waals surface area (Å²) in [6.07, 6.45) is 6.21. The van der Waals surface area contributed by atoms with Crippen LogP contribution in [-0.2, 0) is 12.0 Å². The molecule has 0 radical (unpaired) electrons. The number of phenolic OH excluding ortho intramolecular Hbond substituents is 1. The molecule has 0 amide bonds. The van der Waals surface area contributed by atoms with Gasteiger partial charge in [0.1, 0.15) is 5.75 Å². The number of aromatic hydroxyl groups is 1. The highest BCUT2D eigenvalue weighted by Gasteiger charge is 2.34. The van der Waals surface area contributed by atoms with E-state index < -0.39 is 0 Å². The molecule has 1 aliphatic carbocycles. The number of hydrogen-bond acceptors (Lipinski definition) is 3. The van der Waals surface area contributed by atoms with Gasteiger partial charge in [-0.25, -0.2) is 0 Å². The minimum Gasteiger partial charge on any atom is -0.508 e. The van der Waals surface area contributed by atoms with Crippen LogP contribution in [0.2, 0.25) is 0 Å². The van der Waals surface area contributed by atoms with Crippen LogP contribution in [0.3, 0.4) is 0 Å². The molecule has 0 bridgehead atoms. The van der Waals surface area contributed by atoms with Crippen LogP contribution in [-0.4, -0.2) is 30.6 Å². The van der Waals surface area contributed by atoms with Gasteiger partial charge in [-0.2, -0.15) is 0 Å². The Balaban J connectivity index is 2.45. The SMILES string of the molecule is Cc1c(C2(CN)CCCCC2)ccc(O)c1CN(C)C. The van der Waals surface area contributed by atoms with Crippen molar-refractivity contribution in [3.8, 4) is 5.75 Å². The normalized spacial score (nSPS) is 18.4. The summed E-state index contributed by atoms with van der Waals surface area (Å²) in [5.41, 5.74) is 9.91. The molecule has 112 valence electrons. The van der Waals surface area contributed by atoms with E-state index in [1.54, 1.807) is 0 Å². The van der Waals surface area contributed by atoms with Gasteiger partial charge < -0.3 is 15.7 Å². The molecule has 0 spiro atoms. The average molecular weight is 276 g/mol. The van der Waals surface area contributed by atoms with Crippen molar-refractivity contribution in [3.63, 3.8) is 0 Å². The largest absolute Gasteiger partial charge is 0.508 e. The minimum atomic E-state index is 0.122. The number of phenols is 1. The van der Waals surface area contributed by atoms with Gasteiger partial charge in [0.25, 0.3) is 0 Å². The molecule has 1 fully saturated rings. The Kier molecular flexibility index (Phi) is 4.71. The van der Waals surface area contributed by atoms with Crippen molar-refractivity contribution in [1.29, 1.82) is 0 Å². The first-order chi connectivity index (χ1) is 9.50. The molecule has 1 aromatic carbocycles. The van der Waals surface area contributed by atoms with Crippen LogP contribution >= 0.6 is 0 Å². The van der Waals surface area contributed by atoms with E-state index in [1.165, 1.54) is 43.2 Å². The summed E-state index contributed by atoms with van der Waals surface area (Å²) in [4.78, 5) is 2.10. The molecule has 3 heteroatoms. The highest BCUT2D eigenvalue weighted by molar-refractivity contribution is 5.47. The summed E-state index contributed by atoms with van der Waals surface area (Å²) in [6.45, 7) is 3.62. The van der Waals surface area contributed by atoms with E-state index in [4.69, 9.17) is 5.73 Å². The molecule has 0 aliphatic heterocycles. The molecule has 0 unspecified atom stereocenters. The second-order valence-electron chi connectivity index (χ2n) is 6.52. The van der Waals surface area contributed by atoms with Gasteiger partial charge in [-0.1, -0.05) is 25.3 Å². The average Bonchev–Trinajstić information content (AvgIpc) is 2.44. The zero-order valence-electron chi connectivity index (χ0n) is 13.1. The molecule has 0 aromatic heterocycles. The lowest BCUT2D eigenvalue weighted by Crippen LogP contribution is -2.38. The molecule has 0 heterocycles. The number of nitrogens with zero attached hydrogens (tertiary/aromatic N) is 1. The first-order valence-corrected chi connectivity index (χ1v) is 7.67. The van der Waals surface area contributed by atoms with Gasteiger partial charge in [0.2, 0.25) is 0 Å². The van der Waals surface area contributed by atoms with Gasteiger partial charge in [0.05, 0.1) is 0 Å². The Bertz CT molecular complexity index is 462. The van der Waals surface area contributed by atoms with E-state index in [0.29, 0.717) is 12.3 Å². The fraction of sp³-hybridized carbons (Fsp3) is 0.647. The van der Waals surface area contributed by atoms with Gasteiger partial charge in [0.15, 0.2) is 0 Å². The first-order valence-electron chi connectivity index (χ1n) is 7.67. The Hall–Kier alpha value is -1.06. The minimum absolute atomic E-state index is 0.122. The van der Waals surface area contributed by atoms with Gasteiger partial charge in [0, 0.05) is 24.1 Å². The molecule has 3 N–H and O–H groups in total. The third-order valence-corrected chi connectivity index (χ3v) is 4.82. The van der Waals surface area contributed by atoms with Crippen LogP contribution in [0.5, 0.6) is 5.75 Å². The summed E-state index contributed by atoms with van der Waals surface area (Å²) in [5.74, 6) is 0.405. The van der Waals surface area contributed by atoms with Crippen molar-refractivity contribution >= 4 is 0 Å². The van der Waals surface area contributed by atoms with Crippen molar-refractivity contribution in [2.24, 2.45) is 5.73 Å². The monoisotopic (exact) mass is 276 g/mol. The van der Waals surface area contributed by atoms with Crippen molar-refractivity contribution in [2.45, 2.75) is 51.0 Å². The van der Waals surface area contributed by atoms with Crippen LogP contribution in [0.4, 0.5) is 0 Å². The molecule has 0 atom stereocenters. The molecular weight excluding hydrogens is 248 g/mol. The summed E-state index contributed by atoms with van der Waals surface area (Å²) in [7, 11) is 4.07. The Morgan fingerprint density at radius 2 is 1.85 bits per heavy atom. The van der Waals surface area contributed by atoms with Crippen LogP contribution in [0, 0.1) is 6.92 Å².